The minimum atomic E-state index is -0.459. The molecular weight excluding hydrogens is 356 g/mol. The molecule has 0 unspecified atom stereocenters. The number of hydrogen-bond donors (Lipinski definition) is 1. The van der Waals surface area contributed by atoms with Crippen molar-refractivity contribution in [2.75, 3.05) is 0 Å². The topological polar surface area (TPSA) is 88.9 Å². The van der Waals surface area contributed by atoms with E-state index >= 15 is 0 Å². The largest absolute Gasteiger partial charge is 0.504 e. The van der Waals surface area contributed by atoms with E-state index in [1.165, 1.54) is 12.1 Å². The van der Waals surface area contributed by atoms with Crippen LogP contribution in [0.15, 0.2) is 82.2 Å². The lowest BCUT2D eigenvalue weighted by atomic mass is 10.0. The van der Waals surface area contributed by atoms with Gasteiger partial charge >= 0.3 is 0 Å². The van der Waals surface area contributed by atoms with E-state index in [9.17, 15) is 15.2 Å². The van der Waals surface area contributed by atoms with E-state index in [-0.39, 0.29) is 17.2 Å². The molecule has 1 aromatic heterocycles. The molecule has 0 saturated carbocycles. The zero-order valence-electron chi connectivity index (χ0n) is 15.0. The number of benzene rings is 3. The van der Waals surface area contributed by atoms with Crippen molar-refractivity contribution in [2.45, 2.75) is 6.92 Å². The van der Waals surface area contributed by atoms with Gasteiger partial charge in [0.15, 0.2) is 11.5 Å². The second kappa shape index (κ2) is 7.00. The van der Waals surface area contributed by atoms with Gasteiger partial charge in [-0.1, -0.05) is 42.0 Å². The molecule has 0 aliphatic rings. The van der Waals surface area contributed by atoms with Gasteiger partial charge in [0.1, 0.15) is 11.3 Å². The first kappa shape index (κ1) is 17.5. The number of furan rings is 1. The fourth-order valence-electron chi connectivity index (χ4n) is 2.93. The number of aromatic hydroxyl groups is 1. The predicted molar refractivity (Wildman–Crippen MR) is 107 cm³/mol. The highest BCUT2D eigenvalue weighted by Crippen LogP contribution is 2.34. The maximum Gasteiger partial charge on any atom is 0.269 e. The summed E-state index contributed by atoms with van der Waals surface area (Å²) in [7, 11) is 0. The van der Waals surface area contributed by atoms with Crippen LogP contribution in [-0.2, 0) is 0 Å². The highest BCUT2D eigenvalue weighted by molar-refractivity contribution is 6.16. The van der Waals surface area contributed by atoms with Gasteiger partial charge in [0, 0.05) is 17.7 Å². The van der Waals surface area contributed by atoms with E-state index < -0.39 is 4.92 Å². The van der Waals surface area contributed by atoms with Gasteiger partial charge in [0.05, 0.1) is 16.0 Å². The Morgan fingerprint density at radius 2 is 1.68 bits per heavy atom. The summed E-state index contributed by atoms with van der Waals surface area (Å²) in [6, 6.07) is 20.8. The molecule has 4 aromatic rings. The van der Waals surface area contributed by atoms with E-state index in [1.807, 2.05) is 43.3 Å². The molecule has 0 bridgehead atoms. The van der Waals surface area contributed by atoms with Gasteiger partial charge in [-0.2, -0.15) is 0 Å². The van der Waals surface area contributed by atoms with Crippen molar-refractivity contribution in [2.24, 2.45) is 4.99 Å². The summed E-state index contributed by atoms with van der Waals surface area (Å²) >= 11 is 0. The summed E-state index contributed by atoms with van der Waals surface area (Å²) in [6.45, 7) is 1.98. The van der Waals surface area contributed by atoms with Crippen LogP contribution in [0.1, 0.15) is 16.9 Å². The van der Waals surface area contributed by atoms with E-state index in [0.29, 0.717) is 22.4 Å². The van der Waals surface area contributed by atoms with Gasteiger partial charge in [-0.3, -0.25) is 10.1 Å². The molecule has 0 saturated heterocycles. The van der Waals surface area contributed by atoms with Crippen molar-refractivity contribution < 1.29 is 14.4 Å². The molecule has 0 fully saturated rings. The van der Waals surface area contributed by atoms with E-state index in [0.717, 1.165) is 11.1 Å². The van der Waals surface area contributed by atoms with E-state index in [4.69, 9.17) is 4.42 Å². The Labute approximate surface area is 160 Å². The number of nitro benzene ring substituents is 1. The third-order valence-corrected chi connectivity index (χ3v) is 4.41. The average molecular weight is 372 g/mol. The molecule has 0 spiro atoms. The number of non-ortho nitro benzene ring substituents is 1. The monoisotopic (exact) mass is 372 g/mol. The van der Waals surface area contributed by atoms with Crippen LogP contribution in [0.5, 0.6) is 5.75 Å². The average Bonchev–Trinajstić information content (AvgIpc) is 3.04. The summed E-state index contributed by atoms with van der Waals surface area (Å²) in [5.41, 5.74) is 3.36. The molecule has 1 N–H and O–H groups in total. The molecule has 138 valence electrons. The molecule has 0 atom stereocenters. The molecule has 6 nitrogen and oxygen atoms in total. The quantitative estimate of drug-likeness (QED) is 0.290. The van der Waals surface area contributed by atoms with Crippen LogP contribution in [0.4, 0.5) is 11.4 Å². The highest BCUT2D eigenvalue weighted by Gasteiger charge is 2.20. The minimum Gasteiger partial charge on any atom is -0.504 e. The van der Waals surface area contributed by atoms with E-state index in [2.05, 4.69) is 4.99 Å². The molecule has 1 heterocycles. The first-order valence-corrected chi connectivity index (χ1v) is 8.64. The van der Waals surface area contributed by atoms with Crippen LogP contribution in [-0.4, -0.2) is 15.7 Å². The van der Waals surface area contributed by atoms with Crippen LogP contribution >= 0.6 is 0 Å². The Balaban J connectivity index is 1.89. The zero-order chi connectivity index (χ0) is 19.7. The number of nitrogens with zero attached hydrogens (tertiary/aromatic N) is 2. The number of para-hydroxylation sites is 1. The minimum absolute atomic E-state index is 0.0110. The SMILES string of the molecule is Cc1ccc(C(=Nc2ccc([N+](=O)[O-])cc2)c2oc3ccccc3c2O)cc1. The third kappa shape index (κ3) is 3.23. The van der Waals surface area contributed by atoms with Crippen LogP contribution < -0.4 is 0 Å². The van der Waals surface area contributed by atoms with Crippen LogP contribution in [0, 0.1) is 17.0 Å². The molecule has 0 radical (unpaired) electrons. The fourth-order valence-corrected chi connectivity index (χ4v) is 2.93. The normalized spacial score (nSPS) is 11.7. The number of nitro groups is 1. The lowest BCUT2D eigenvalue weighted by Crippen LogP contribution is -2.02. The Kier molecular flexibility index (Phi) is 4.37. The summed E-state index contributed by atoms with van der Waals surface area (Å²) in [6.07, 6.45) is 0. The van der Waals surface area contributed by atoms with Gasteiger partial charge in [-0.05, 0) is 31.2 Å². The number of aliphatic imine (C=N–C) groups is 1. The van der Waals surface area contributed by atoms with Crippen LogP contribution in [0.25, 0.3) is 11.0 Å². The summed E-state index contributed by atoms with van der Waals surface area (Å²) in [5, 5.41) is 22.2. The van der Waals surface area contributed by atoms with Gasteiger partial charge in [0.2, 0.25) is 0 Å². The maximum atomic E-state index is 10.9. The maximum absolute atomic E-state index is 10.9. The number of fused-ring (bicyclic) bond motifs is 1. The zero-order valence-corrected chi connectivity index (χ0v) is 15.0. The van der Waals surface area contributed by atoms with Crippen LogP contribution in [0.3, 0.4) is 0 Å². The number of aryl methyl sites for hydroxylation is 1. The van der Waals surface area contributed by atoms with Crippen molar-refractivity contribution in [3.8, 4) is 5.75 Å². The van der Waals surface area contributed by atoms with Gasteiger partial charge in [-0.25, -0.2) is 4.99 Å². The molecule has 3 aromatic carbocycles. The number of rotatable bonds is 4. The summed E-state index contributed by atoms with van der Waals surface area (Å²) in [4.78, 5) is 15.0. The Morgan fingerprint density at radius 3 is 2.32 bits per heavy atom. The molecule has 0 aliphatic carbocycles. The fraction of sp³-hybridized carbons (Fsp3) is 0.0455. The Morgan fingerprint density at radius 1 is 1.00 bits per heavy atom. The standard InChI is InChI=1S/C22H16N2O4/c1-14-6-8-15(9-7-14)20(23-16-10-12-17(13-11-16)24(26)27)22-21(25)18-4-2-3-5-19(18)28-22/h2-13,25H,1H3. The highest BCUT2D eigenvalue weighted by atomic mass is 16.6. The summed E-state index contributed by atoms with van der Waals surface area (Å²) < 4.78 is 5.89. The lowest BCUT2D eigenvalue weighted by Gasteiger charge is -2.06. The first-order chi connectivity index (χ1) is 13.5. The molecule has 28 heavy (non-hydrogen) atoms. The van der Waals surface area contributed by atoms with Crippen molar-refractivity contribution in [1.29, 1.82) is 0 Å². The van der Waals surface area contributed by atoms with Crippen molar-refractivity contribution >= 4 is 28.1 Å². The Hall–Kier alpha value is -3.93. The molecule has 0 amide bonds. The lowest BCUT2D eigenvalue weighted by molar-refractivity contribution is -0.384. The van der Waals surface area contributed by atoms with Crippen LogP contribution in [0.2, 0.25) is 0 Å². The second-order valence-corrected chi connectivity index (χ2v) is 6.38. The second-order valence-electron chi connectivity index (χ2n) is 6.38. The van der Waals surface area contributed by atoms with Gasteiger partial charge < -0.3 is 9.52 Å². The van der Waals surface area contributed by atoms with E-state index in [1.54, 1.807) is 24.3 Å². The third-order valence-electron chi connectivity index (χ3n) is 4.41. The Bertz CT molecular complexity index is 1190. The predicted octanol–water partition coefficient (Wildman–Crippen LogP) is 5.52. The van der Waals surface area contributed by atoms with Gasteiger partial charge in [0.25, 0.3) is 5.69 Å². The van der Waals surface area contributed by atoms with Crippen molar-refractivity contribution in [3.05, 3.63) is 99.8 Å². The molecular formula is C22H16N2O4. The molecule has 6 heteroatoms. The molecule has 4 rings (SSSR count). The van der Waals surface area contributed by atoms with Crippen molar-refractivity contribution in [1.82, 2.24) is 0 Å². The smallest absolute Gasteiger partial charge is 0.269 e. The van der Waals surface area contributed by atoms with Crippen molar-refractivity contribution in [3.63, 3.8) is 0 Å². The molecule has 0 aliphatic heterocycles. The first-order valence-electron chi connectivity index (χ1n) is 8.64. The van der Waals surface area contributed by atoms with Gasteiger partial charge in [-0.15, -0.1) is 0 Å². The summed E-state index contributed by atoms with van der Waals surface area (Å²) in [5.74, 6) is 0.264. The number of hydrogen-bond acceptors (Lipinski definition) is 5.